The average molecular weight is 355 g/mol. The van der Waals surface area contributed by atoms with E-state index in [1.165, 1.54) is 17.0 Å². The van der Waals surface area contributed by atoms with E-state index in [4.69, 9.17) is 4.74 Å². The maximum atomic E-state index is 13.3. The highest BCUT2D eigenvalue weighted by atomic mass is 19.1. The first-order valence-corrected chi connectivity index (χ1v) is 8.49. The zero-order valence-electron chi connectivity index (χ0n) is 15.0. The van der Waals surface area contributed by atoms with Gasteiger partial charge in [0.05, 0.1) is 17.8 Å². The third-order valence-corrected chi connectivity index (χ3v) is 4.06. The molecule has 0 bridgehead atoms. The van der Waals surface area contributed by atoms with Crippen molar-refractivity contribution in [2.24, 2.45) is 0 Å². The molecule has 2 aromatic rings. The van der Waals surface area contributed by atoms with E-state index in [-0.39, 0.29) is 5.82 Å². The molecular weight excluding hydrogens is 333 g/mol. The summed E-state index contributed by atoms with van der Waals surface area (Å²) < 4.78 is 18.9. The predicted octanol–water partition coefficient (Wildman–Crippen LogP) is 4.52. The third-order valence-electron chi connectivity index (χ3n) is 4.06. The highest BCUT2D eigenvalue weighted by Crippen LogP contribution is 2.40. The Labute approximate surface area is 152 Å². The molecule has 1 aliphatic rings. The number of carbonyl (C=O) groups is 1. The summed E-state index contributed by atoms with van der Waals surface area (Å²) in [5.74, 6) is -0.374. The molecule has 1 aliphatic heterocycles. The molecule has 136 valence electrons. The quantitative estimate of drug-likeness (QED) is 0.862. The lowest BCUT2D eigenvalue weighted by Gasteiger charge is -2.32. The summed E-state index contributed by atoms with van der Waals surface area (Å²) in [5, 5.41) is 10.6. The van der Waals surface area contributed by atoms with Gasteiger partial charge in [0.25, 0.3) is 0 Å². The van der Waals surface area contributed by atoms with Crippen LogP contribution < -0.4 is 0 Å². The van der Waals surface area contributed by atoms with Crippen molar-refractivity contribution in [1.82, 2.24) is 4.90 Å². The summed E-state index contributed by atoms with van der Waals surface area (Å²) in [4.78, 5) is 14.4. The maximum Gasteiger partial charge on any atom is 0.415 e. The Balaban J connectivity index is 2.03. The van der Waals surface area contributed by atoms with E-state index < -0.39 is 23.8 Å². The van der Waals surface area contributed by atoms with E-state index >= 15 is 0 Å². The van der Waals surface area contributed by atoms with Crippen molar-refractivity contribution in [3.05, 3.63) is 77.6 Å². The molecule has 0 unspecified atom stereocenters. The standard InChI is InChI=1S/C21H22FNO3/c1-21(2,3)26-20(25)23-17(14-7-5-4-6-8-14)13-18(24)19(23)15-9-11-16(22)12-10-15/h4-13,18-19,24H,1-3H3/t18-,19+/m1/s1. The van der Waals surface area contributed by atoms with Crippen LogP contribution in [0.25, 0.3) is 5.70 Å². The summed E-state index contributed by atoms with van der Waals surface area (Å²) >= 11 is 0. The van der Waals surface area contributed by atoms with Gasteiger partial charge in [-0.25, -0.2) is 9.18 Å². The molecule has 0 spiro atoms. The first-order valence-electron chi connectivity index (χ1n) is 8.49. The first kappa shape index (κ1) is 18.1. The molecule has 0 radical (unpaired) electrons. The van der Waals surface area contributed by atoms with E-state index in [0.29, 0.717) is 11.3 Å². The van der Waals surface area contributed by atoms with Crippen LogP contribution in [-0.4, -0.2) is 27.8 Å². The Hall–Kier alpha value is -2.66. The minimum absolute atomic E-state index is 0.374. The summed E-state index contributed by atoms with van der Waals surface area (Å²) in [6, 6.07) is 14.4. The fourth-order valence-corrected chi connectivity index (χ4v) is 3.01. The third kappa shape index (κ3) is 3.78. The zero-order valence-corrected chi connectivity index (χ0v) is 15.0. The SMILES string of the molecule is CC(C)(C)OC(=O)N1C(c2ccccc2)=C[C@@H](O)[C@@H]1c1ccc(F)cc1. The Kier molecular flexibility index (Phi) is 4.83. The average Bonchev–Trinajstić information content (AvgIpc) is 2.92. The lowest BCUT2D eigenvalue weighted by Crippen LogP contribution is -2.38. The summed E-state index contributed by atoms with van der Waals surface area (Å²) in [7, 11) is 0. The molecule has 2 atom stereocenters. The lowest BCUT2D eigenvalue weighted by molar-refractivity contribution is 0.0221. The Morgan fingerprint density at radius 3 is 2.27 bits per heavy atom. The lowest BCUT2D eigenvalue weighted by atomic mass is 10.0. The van der Waals surface area contributed by atoms with Gasteiger partial charge >= 0.3 is 6.09 Å². The monoisotopic (exact) mass is 355 g/mol. The number of benzene rings is 2. The smallest absolute Gasteiger partial charge is 0.415 e. The van der Waals surface area contributed by atoms with Gasteiger partial charge in [-0.2, -0.15) is 0 Å². The Bertz CT molecular complexity index is 809. The van der Waals surface area contributed by atoms with E-state index in [1.54, 1.807) is 39.0 Å². The number of amides is 1. The van der Waals surface area contributed by atoms with Crippen LogP contribution in [0.1, 0.15) is 37.9 Å². The van der Waals surface area contributed by atoms with Crippen LogP contribution in [0, 0.1) is 5.82 Å². The highest BCUT2D eigenvalue weighted by Gasteiger charge is 2.41. The molecule has 5 heteroatoms. The molecule has 2 aromatic carbocycles. The highest BCUT2D eigenvalue weighted by molar-refractivity contribution is 5.85. The molecule has 0 aliphatic carbocycles. The molecule has 3 rings (SSSR count). The van der Waals surface area contributed by atoms with Crippen molar-refractivity contribution in [1.29, 1.82) is 0 Å². The van der Waals surface area contributed by atoms with Gasteiger partial charge in [0.15, 0.2) is 0 Å². The van der Waals surface area contributed by atoms with E-state index in [0.717, 1.165) is 5.56 Å². The van der Waals surface area contributed by atoms with Gasteiger partial charge in [0.2, 0.25) is 0 Å². The number of hydrogen-bond acceptors (Lipinski definition) is 3. The molecular formula is C21H22FNO3. The number of aliphatic hydroxyl groups excluding tert-OH is 1. The molecule has 26 heavy (non-hydrogen) atoms. The van der Waals surface area contributed by atoms with Gasteiger partial charge in [0, 0.05) is 0 Å². The maximum absolute atomic E-state index is 13.3. The normalized spacial score (nSPS) is 20.0. The number of hydrogen-bond donors (Lipinski definition) is 1. The largest absolute Gasteiger partial charge is 0.443 e. The minimum Gasteiger partial charge on any atom is -0.443 e. The van der Waals surface area contributed by atoms with Gasteiger partial charge in [-0.1, -0.05) is 42.5 Å². The Morgan fingerprint density at radius 1 is 1.08 bits per heavy atom. The fourth-order valence-electron chi connectivity index (χ4n) is 3.01. The molecule has 1 heterocycles. The topological polar surface area (TPSA) is 49.8 Å². The van der Waals surface area contributed by atoms with Crippen LogP contribution in [-0.2, 0) is 4.74 Å². The van der Waals surface area contributed by atoms with Crippen LogP contribution in [0.15, 0.2) is 60.7 Å². The van der Waals surface area contributed by atoms with Crippen molar-refractivity contribution >= 4 is 11.8 Å². The minimum atomic E-state index is -0.928. The number of ether oxygens (including phenoxy) is 1. The molecule has 4 nitrogen and oxygen atoms in total. The molecule has 1 amide bonds. The van der Waals surface area contributed by atoms with E-state index in [9.17, 15) is 14.3 Å². The number of halogens is 1. The fraction of sp³-hybridized carbons (Fsp3) is 0.286. The number of aliphatic hydroxyl groups is 1. The molecule has 0 aromatic heterocycles. The molecule has 0 saturated carbocycles. The van der Waals surface area contributed by atoms with E-state index in [1.807, 2.05) is 30.3 Å². The van der Waals surface area contributed by atoms with Crippen LogP contribution >= 0.6 is 0 Å². The molecule has 0 fully saturated rings. The summed E-state index contributed by atoms with van der Waals surface area (Å²) in [6.07, 6.45) is 0.148. The molecule has 1 N–H and O–H groups in total. The van der Waals surface area contributed by atoms with Crippen molar-refractivity contribution in [2.45, 2.75) is 38.5 Å². The van der Waals surface area contributed by atoms with Gasteiger partial charge in [0.1, 0.15) is 11.4 Å². The van der Waals surface area contributed by atoms with Crippen molar-refractivity contribution < 1.29 is 19.0 Å². The molecule has 0 saturated heterocycles. The second kappa shape index (κ2) is 6.92. The van der Waals surface area contributed by atoms with Crippen LogP contribution in [0.3, 0.4) is 0 Å². The van der Waals surface area contributed by atoms with Crippen molar-refractivity contribution in [3.63, 3.8) is 0 Å². The van der Waals surface area contributed by atoms with Crippen LogP contribution in [0.4, 0.5) is 9.18 Å². The van der Waals surface area contributed by atoms with Gasteiger partial charge < -0.3 is 9.84 Å². The summed E-state index contributed by atoms with van der Waals surface area (Å²) in [5.41, 5.74) is 1.32. The second-order valence-electron chi connectivity index (χ2n) is 7.26. The first-order chi connectivity index (χ1) is 12.3. The van der Waals surface area contributed by atoms with Gasteiger partial charge in [-0.15, -0.1) is 0 Å². The number of carbonyl (C=O) groups excluding carboxylic acids is 1. The predicted molar refractivity (Wildman–Crippen MR) is 97.6 cm³/mol. The Morgan fingerprint density at radius 2 is 1.69 bits per heavy atom. The second-order valence-corrected chi connectivity index (χ2v) is 7.26. The van der Waals surface area contributed by atoms with Crippen molar-refractivity contribution in [3.8, 4) is 0 Å². The van der Waals surface area contributed by atoms with E-state index in [2.05, 4.69) is 0 Å². The van der Waals surface area contributed by atoms with Crippen LogP contribution in [0.2, 0.25) is 0 Å². The number of nitrogens with zero attached hydrogens (tertiary/aromatic N) is 1. The van der Waals surface area contributed by atoms with Gasteiger partial charge in [-0.3, -0.25) is 4.90 Å². The van der Waals surface area contributed by atoms with Crippen molar-refractivity contribution in [2.75, 3.05) is 0 Å². The van der Waals surface area contributed by atoms with Crippen LogP contribution in [0.5, 0.6) is 0 Å². The summed E-state index contributed by atoms with van der Waals surface area (Å²) in [6.45, 7) is 5.36. The zero-order chi connectivity index (χ0) is 18.9. The number of rotatable bonds is 2. The van der Waals surface area contributed by atoms with Gasteiger partial charge in [-0.05, 0) is 50.1 Å².